The summed E-state index contributed by atoms with van der Waals surface area (Å²) in [5, 5.41) is 91.3. The van der Waals surface area contributed by atoms with Crippen molar-refractivity contribution in [1.82, 2.24) is 0 Å². The molecule has 0 spiro atoms. The largest absolute Gasteiger partial charge is 0.507 e. The highest BCUT2D eigenvalue weighted by Gasteiger charge is 2.51. The van der Waals surface area contributed by atoms with Gasteiger partial charge in [-0.3, -0.25) is 14.6 Å². The first-order chi connectivity index (χ1) is 39.6. The van der Waals surface area contributed by atoms with Crippen molar-refractivity contribution in [3.8, 4) is 17.2 Å². The predicted octanol–water partition coefficient (Wildman–Crippen LogP) is 2.74. The minimum absolute atomic E-state index is 0.00726. The quantitative estimate of drug-likeness (QED) is 0.0740. The highest BCUT2D eigenvalue weighted by Crippen LogP contribution is 2.46. The molecule has 8 N–H and O–H groups in total. The van der Waals surface area contributed by atoms with Gasteiger partial charge in [0.1, 0.15) is 65.6 Å². The van der Waals surface area contributed by atoms with Crippen LogP contribution in [0.1, 0.15) is 112 Å². The smallest absolute Gasteiger partial charge is 0.308 e. The molecular formula is C59H89NO24. The van der Waals surface area contributed by atoms with Gasteiger partial charge in [0.25, 0.3) is 0 Å². The van der Waals surface area contributed by atoms with E-state index in [9.17, 15) is 50.4 Å². The SMILES string of the molecule is CN=C(C(O)C(C)O)C(OC)C1Cc2cc3cc(OC4CC(OC(C)=O)C(OC5CC(O)C(OC)C(C)O5)C(C)O4)cc(O)c3c(O)c2CC1OC1CC(OC2CC(OC3CC(C)(O)C(OC(=O)C(C)C)C(C)O3)C(O)C(C)O2)C(O)C(C)O1. The molecule has 2 aromatic carbocycles. The van der Waals surface area contributed by atoms with E-state index < -0.39 is 171 Å². The Balaban J connectivity index is 1.00. The van der Waals surface area contributed by atoms with E-state index >= 15 is 0 Å². The molecule has 0 saturated carbocycles. The van der Waals surface area contributed by atoms with Crippen LogP contribution in [0.25, 0.3) is 10.8 Å². The van der Waals surface area contributed by atoms with Gasteiger partial charge in [0.15, 0.2) is 31.3 Å². The Morgan fingerprint density at radius 1 is 0.690 bits per heavy atom. The molecule has 25 unspecified atom stereocenters. The van der Waals surface area contributed by atoms with E-state index in [1.54, 1.807) is 60.6 Å². The Labute approximate surface area is 489 Å². The molecule has 25 nitrogen and oxygen atoms in total. The Hall–Kier alpha value is -3.97. The number of aromatic hydroxyl groups is 2. The molecule has 8 rings (SSSR count). The lowest BCUT2D eigenvalue weighted by Crippen LogP contribution is -2.59. The number of hydrogen-bond acceptors (Lipinski definition) is 25. The number of methoxy groups -OCH3 is 2. The number of hydrogen-bond donors (Lipinski definition) is 8. The molecule has 5 heterocycles. The Morgan fingerprint density at radius 2 is 1.25 bits per heavy atom. The monoisotopic (exact) mass is 1200 g/mol. The average molecular weight is 1200 g/mol. The fraction of sp³-hybridized carbons (Fsp3) is 0.780. The number of ether oxygens (including phenoxy) is 14. The zero-order chi connectivity index (χ0) is 61.4. The molecule has 1 aliphatic carbocycles. The van der Waals surface area contributed by atoms with E-state index in [-0.39, 0.29) is 73.3 Å². The second-order valence-corrected chi connectivity index (χ2v) is 24.0. The average Bonchev–Trinajstić information content (AvgIpc) is 1.32. The molecule has 0 amide bonds. The molecule has 0 bridgehead atoms. The van der Waals surface area contributed by atoms with Gasteiger partial charge in [0, 0.05) is 84.3 Å². The van der Waals surface area contributed by atoms with E-state index in [4.69, 9.17) is 66.3 Å². The maximum atomic E-state index is 12.5. The normalized spacial score (nSPS) is 39.7. The number of aliphatic imine (C=N–C) groups is 1. The van der Waals surface area contributed by atoms with E-state index in [0.717, 1.165) is 0 Å². The van der Waals surface area contributed by atoms with Crippen molar-refractivity contribution in [3.63, 3.8) is 0 Å². The first kappa shape index (κ1) is 66.0. The number of esters is 2. The van der Waals surface area contributed by atoms with E-state index in [0.29, 0.717) is 16.5 Å². The zero-order valence-corrected chi connectivity index (χ0v) is 50.2. The van der Waals surface area contributed by atoms with Gasteiger partial charge in [-0.15, -0.1) is 0 Å². The van der Waals surface area contributed by atoms with Gasteiger partial charge >= 0.3 is 11.9 Å². The number of phenols is 2. The molecule has 5 fully saturated rings. The first-order valence-corrected chi connectivity index (χ1v) is 29.2. The molecule has 84 heavy (non-hydrogen) atoms. The third-order valence-corrected chi connectivity index (χ3v) is 17.1. The number of rotatable bonds is 19. The van der Waals surface area contributed by atoms with Gasteiger partial charge in [-0.25, -0.2) is 0 Å². The van der Waals surface area contributed by atoms with Crippen LogP contribution in [0.2, 0.25) is 0 Å². The lowest BCUT2D eigenvalue weighted by Gasteiger charge is -2.47. The molecule has 0 aromatic heterocycles. The van der Waals surface area contributed by atoms with Crippen molar-refractivity contribution >= 4 is 28.4 Å². The number of benzene rings is 2. The van der Waals surface area contributed by atoms with Crippen LogP contribution in [0, 0.1) is 11.8 Å². The number of phenolic OH excluding ortho intramolecular Hbond substituents is 2. The molecule has 2 aromatic rings. The molecule has 0 radical (unpaired) electrons. The maximum absolute atomic E-state index is 12.5. The molecule has 5 saturated heterocycles. The Bertz CT molecular complexity index is 2570. The van der Waals surface area contributed by atoms with Crippen molar-refractivity contribution in [1.29, 1.82) is 0 Å². The van der Waals surface area contributed by atoms with Crippen LogP contribution in [-0.2, 0) is 84.0 Å². The fourth-order valence-corrected chi connectivity index (χ4v) is 12.7. The fourth-order valence-electron chi connectivity index (χ4n) is 12.7. The number of fused-ring (bicyclic) bond motifs is 2. The summed E-state index contributed by atoms with van der Waals surface area (Å²) in [7, 11) is 4.41. The third kappa shape index (κ3) is 14.8. The summed E-state index contributed by atoms with van der Waals surface area (Å²) in [6.07, 6.45) is -21.1. The number of nitrogens with zero attached hydrogens (tertiary/aromatic N) is 1. The standard InChI is InChI=1S/C59H89NO24/c1-24(2)58(69)84-57-30(8)77-47(23-59(57,10)70)82-41-21-46(74-27(5)52(41)67)81-40-20-45(73-26(4)51(40)66)80-39-18-35-32(16-36(39)56(72-13)49(60-11)50(65)25(3)61)14-33-15-34(17-37(63)48(33)53(35)68)79-44-22-42(78-31(9)62)55(29(7)76-44)83-43-19-38(64)54(71-12)28(6)75-43/h14-15,17,24-30,36,38-47,50-52,54-57,61,63-68,70H,16,18-23H2,1-13H3. The lowest BCUT2D eigenvalue weighted by atomic mass is 9.75. The van der Waals surface area contributed by atoms with Gasteiger partial charge in [0.2, 0.25) is 6.29 Å². The molecule has 474 valence electrons. The summed E-state index contributed by atoms with van der Waals surface area (Å²) in [4.78, 5) is 29.3. The summed E-state index contributed by atoms with van der Waals surface area (Å²) < 4.78 is 85.9. The second-order valence-electron chi connectivity index (χ2n) is 24.0. The van der Waals surface area contributed by atoms with E-state index in [1.165, 1.54) is 48.1 Å². The van der Waals surface area contributed by atoms with Crippen LogP contribution >= 0.6 is 0 Å². The molecule has 25 atom stereocenters. The van der Waals surface area contributed by atoms with Gasteiger partial charge < -0.3 is 107 Å². The Morgan fingerprint density at radius 3 is 1.81 bits per heavy atom. The highest BCUT2D eigenvalue weighted by molar-refractivity contribution is 5.97. The molecule has 5 aliphatic heterocycles. The molecular weight excluding hydrogens is 1110 g/mol. The van der Waals surface area contributed by atoms with Gasteiger partial charge in [-0.2, -0.15) is 0 Å². The first-order valence-electron chi connectivity index (χ1n) is 29.2. The number of carbonyl (C=O) groups is 2. The molecule has 6 aliphatic rings. The predicted molar refractivity (Wildman–Crippen MR) is 295 cm³/mol. The zero-order valence-electron chi connectivity index (χ0n) is 50.2. The maximum Gasteiger partial charge on any atom is 0.308 e. The van der Waals surface area contributed by atoms with E-state index in [1.807, 2.05) is 0 Å². The summed E-state index contributed by atoms with van der Waals surface area (Å²) >= 11 is 0. The lowest BCUT2D eigenvalue weighted by molar-refractivity contribution is -0.335. The van der Waals surface area contributed by atoms with Crippen LogP contribution in [0.15, 0.2) is 23.2 Å². The topological polar surface area (TPSA) is 338 Å². The van der Waals surface area contributed by atoms with Crippen LogP contribution in [0.4, 0.5) is 0 Å². The summed E-state index contributed by atoms with van der Waals surface area (Å²) in [6, 6.07) is 4.77. The number of aliphatic hydroxyl groups excluding tert-OH is 5. The van der Waals surface area contributed by atoms with Gasteiger partial charge in [0.05, 0.1) is 78.1 Å². The molecule has 25 heteroatoms. The Kier molecular flexibility index (Phi) is 21.7. The van der Waals surface area contributed by atoms with Crippen LogP contribution in [0.5, 0.6) is 17.2 Å². The minimum atomic E-state index is -1.53. The van der Waals surface area contributed by atoms with Gasteiger partial charge in [-0.1, -0.05) is 19.9 Å². The van der Waals surface area contributed by atoms with Crippen molar-refractivity contribution in [2.45, 2.75) is 261 Å². The number of carbonyl (C=O) groups excluding carboxylic acids is 2. The van der Waals surface area contributed by atoms with Crippen LogP contribution in [-0.4, -0.2) is 227 Å². The van der Waals surface area contributed by atoms with Crippen molar-refractivity contribution in [2.75, 3.05) is 21.3 Å². The minimum Gasteiger partial charge on any atom is -0.507 e. The second kappa shape index (κ2) is 27.6. The van der Waals surface area contributed by atoms with Crippen LogP contribution in [0.3, 0.4) is 0 Å². The van der Waals surface area contributed by atoms with Crippen molar-refractivity contribution in [2.24, 2.45) is 16.8 Å². The third-order valence-electron chi connectivity index (χ3n) is 17.1. The van der Waals surface area contributed by atoms with Crippen molar-refractivity contribution < 1.29 is 117 Å². The number of aliphatic hydroxyl groups is 6. The summed E-state index contributed by atoms with van der Waals surface area (Å²) in [5.41, 5.74) is -0.323. The van der Waals surface area contributed by atoms with Crippen molar-refractivity contribution in [3.05, 3.63) is 29.3 Å². The van der Waals surface area contributed by atoms with E-state index in [2.05, 4.69) is 4.99 Å². The summed E-state index contributed by atoms with van der Waals surface area (Å²) in [5.74, 6) is -2.53. The van der Waals surface area contributed by atoms with Gasteiger partial charge in [-0.05, 0) is 71.9 Å². The summed E-state index contributed by atoms with van der Waals surface area (Å²) in [6.45, 7) is 16.1. The van der Waals surface area contributed by atoms with Crippen LogP contribution < -0.4 is 4.74 Å². The highest BCUT2D eigenvalue weighted by atomic mass is 16.7.